The Balaban J connectivity index is 1.06. The van der Waals surface area contributed by atoms with Gasteiger partial charge in [-0.15, -0.1) is 11.3 Å². The van der Waals surface area contributed by atoms with E-state index in [1.807, 2.05) is 36.4 Å². The minimum atomic E-state index is 0.641. The van der Waals surface area contributed by atoms with Gasteiger partial charge in [-0.25, -0.2) is 15.0 Å². The van der Waals surface area contributed by atoms with Crippen LogP contribution in [0.15, 0.2) is 192 Å². The molecular weight excluding hydrogens is 703 g/mol. The lowest BCUT2D eigenvalue weighted by molar-refractivity contribution is 0.670. The molecule has 0 radical (unpaired) electrons. The Morgan fingerprint density at radius 2 is 0.911 bits per heavy atom. The first-order valence-electron chi connectivity index (χ1n) is 18.7. The largest absolute Gasteiger partial charge is 0.455 e. The molecule has 4 nitrogen and oxygen atoms in total. The van der Waals surface area contributed by atoms with E-state index in [0.717, 1.165) is 71.8 Å². The minimum absolute atomic E-state index is 0.641. The lowest BCUT2D eigenvalue weighted by Gasteiger charge is -2.10. The molecule has 11 aromatic rings. The first kappa shape index (κ1) is 32.2. The summed E-state index contributed by atoms with van der Waals surface area (Å²) in [6.07, 6.45) is 0. The second kappa shape index (κ2) is 13.3. The maximum absolute atomic E-state index is 6.59. The molecule has 0 saturated carbocycles. The monoisotopic (exact) mass is 733 g/mol. The van der Waals surface area contributed by atoms with Gasteiger partial charge in [0.15, 0.2) is 17.5 Å². The van der Waals surface area contributed by atoms with Crippen LogP contribution in [0.25, 0.3) is 110 Å². The lowest BCUT2D eigenvalue weighted by atomic mass is 9.94. The maximum Gasteiger partial charge on any atom is 0.164 e. The van der Waals surface area contributed by atoms with Gasteiger partial charge in [-0.2, -0.15) is 0 Å². The third-order valence-corrected chi connectivity index (χ3v) is 11.7. The van der Waals surface area contributed by atoms with Gasteiger partial charge in [-0.3, -0.25) is 0 Å². The molecular formula is C51H31N3OS. The number of nitrogens with zero attached hydrogens (tertiary/aromatic N) is 3. The Bertz CT molecular complexity index is 3230. The van der Waals surface area contributed by atoms with E-state index in [1.54, 1.807) is 11.3 Å². The molecule has 56 heavy (non-hydrogen) atoms. The van der Waals surface area contributed by atoms with E-state index < -0.39 is 0 Å². The minimum Gasteiger partial charge on any atom is -0.455 e. The van der Waals surface area contributed by atoms with E-state index >= 15 is 0 Å². The van der Waals surface area contributed by atoms with Gasteiger partial charge in [0.05, 0.1) is 0 Å². The van der Waals surface area contributed by atoms with Gasteiger partial charge in [0.1, 0.15) is 11.2 Å². The summed E-state index contributed by atoms with van der Waals surface area (Å²) in [5, 5.41) is 4.57. The molecule has 262 valence electrons. The SMILES string of the molecule is c1ccc(-c2ccc(-c3nc(-c4ccccc4)nc(-c4cccc5sc6cc(-c7ccc(-c8ccccc8)c8oc9ccccc9c78)ccc6c45)n3)cc2)cc1. The van der Waals surface area contributed by atoms with E-state index in [-0.39, 0.29) is 0 Å². The van der Waals surface area contributed by atoms with Gasteiger partial charge < -0.3 is 4.42 Å². The van der Waals surface area contributed by atoms with Crippen molar-refractivity contribution in [3.05, 3.63) is 188 Å². The summed E-state index contributed by atoms with van der Waals surface area (Å²) in [6.45, 7) is 0. The Morgan fingerprint density at radius 1 is 0.339 bits per heavy atom. The van der Waals surface area contributed by atoms with Crippen LogP contribution < -0.4 is 0 Å². The quantitative estimate of drug-likeness (QED) is 0.171. The van der Waals surface area contributed by atoms with Crippen LogP contribution in [0.2, 0.25) is 0 Å². The lowest BCUT2D eigenvalue weighted by Crippen LogP contribution is -2.00. The zero-order chi connectivity index (χ0) is 37.0. The average Bonchev–Trinajstić information content (AvgIpc) is 3.86. The fraction of sp³-hybridized carbons (Fsp3) is 0. The fourth-order valence-corrected chi connectivity index (χ4v) is 9.05. The number of furan rings is 1. The number of aromatic nitrogens is 3. The number of fused-ring (bicyclic) bond motifs is 6. The number of hydrogen-bond donors (Lipinski definition) is 0. The topological polar surface area (TPSA) is 51.8 Å². The van der Waals surface area contributed by atoms with Crippen LogP contribution in [0.1, 0.15) is 0 Å². The van der Waals surface area contributed by atoms with Crippen LogP contribution in [0.3, 0.4) is 0 Å². The molecule has 0 unspecified atom stereocenters. The molecule has 0 fully saturated rings. The van der Waals surface area contributed by atoms with E-state index in [4.69, 9.17) is 19.4 Å². The summed E-state index contributed by atoms with van der Waals surface area (Å²) in [7, 11) is 0. The number of benzene rings is 8. The zero-order valence-electron chi connectivity index (χ0n) is 30.1. The Labute approximate surface area is 327 Å². The van der Waals surface area contributed by atoms with Crippen LogP contribution >= 0.6 is 11.3 Å². The highest BCUT2D eigenvalue weighted by Gasteiger charge is 2.20. The molecule has 0 aliphatic carbocycles. The summed E-state index contributed by atoms with van der Waals surface area (Å²) < 4.78 is 8.98. The second-order valence-corrected chi connectivity index (χ2v) is 15.0. The standard InChI is InChI=1S/C51H31N3OS/c1-4-13-32(14-5-1)33-23-25-36(26-24-33)50-52-49(35-17-8-3-9-18-35)53-51(54-50)42-20-12-22-44-46(42)41-28-27-37(31-45(41)56-44)38-29-30-39(34-15-6-2-7-16-34)48-47(38)40-19-10-11-21-43(40)55-48/h1-31H. The van der Waals surface area contributed by atoms with Crippen LogP contribution in [-0.4, -0.2) is 15.0 Å². The van der Waals surface area contributed by atoms with Crippen molar-refractivity contribution in [2.75, 3.05) is 0 Å². The highest BCUT2D eigenvalue weighted by Crippen LogP contribution is 2.45. The van der Waals surface area contributed by atoms with Gasteiger partial charge in [0.2, 0.25) is 0 Å². The molecule has 0 saturated heterocycles. The van der Waals surface area contributed by atoms with E-state index in [1.165, 1.54) is 20.3 Å². The van der Waals surface area contributed by atoms with Crippen LogP contribution in [0.4, 0.5) is 0 Å². The summed E-state index contributed by atoms with van der Waals surface area (Å²) >= 11 is 1.80. The van der Waals surface area contributed by atoms with Crippen LogP contribution in [0.5, 0.6) is 0 Å². The van der Waals surface area contributed by atoms with Crippen molar-refractivity contribution in [1.29, 1.82) is 0 Å². The average molecular weight is 734 g/mol. The van der Waals surface area contributed by atoms with Crippen LogP contribution in [-0.2, 0) is 0 Å². The normalized spacial score (nSPS) is 11.6. The van der Waals surface area contributed by atoms with Crippen molar-refractivity contribution in [1.82, 2.24) is 15.0 Å². The summed E-state index contributed by atoms with van der Waals surface area (Å²) in [5.41, 5.74) is 11.5. The number of hydrogen-bond acceptors (Lipinski definition) is 5. The number of para-hydroxylation sites is 1. The molecule has 0 N–H and O–H groups in total. The van der Waals surface area contributed by atoms with Gasteiger partial charge >= 0.3 is 0 Å². The molecule has 0 atom stereocenters. The van der Waals surface area contributed by atoms with E-state index in [2.05, 4.69) is 152 Å². The van der Waals surface area contributed by atoms with Gasteiger partial charge in [0, 0.05) is 53.2 Å². The third kappa shape index (κ3) is 5.48. The Morgan fingerprint density at radius 3 is 1.66 bits per heavy atom. The Hall–Kier alpha value is -7.21. The number of thiophene rings is 1. The van der Waals surface area contributed by atoms with Crippen molar-refractivity contribution in [2.24, 2.45) is 0 Å². The van der Waals surface area contributed by atoms with Crippen molar-refractivity contribution in [3.8, 4) is 67.5 Å². The van der Waals surface area contributed by atoms with Crippen molar-refractivity contribution < 1.29 is 4.42 Å². The van der Waals surface area contributed by atoms with E-state index in [0.29, 0.717) is 17.5 Å². The molecule has 0 aliphatic rings. The summed E-state index contributed by atoms with van der Waals surface area (Å²) in [4.78, 5) is 15.3. The van der Waals surface area contributed by atoms with Gasteiger partial charge in [-0.1, -0.05) is 164 Å². The molecule has 11 rings (SSSR count). The molecule has 8 aromatic carbocycles. The summed E-state index contributed by atoms with van der Waals surface area (Å²) in [5.74, 6) is 1.94. The van der Waals surface area contributed by atoms with E-state index in [9.17, 15) is 0 Å². The predicted octanol–water partition coefficient (Wildman–Crippen LogP) is 14.1. The smallest absolute Gasteiger partial charge is 0.164 e. The molecule has 3 heterocycles. The third-order valence-electron chi connectivity index (χ3n) is 10.6. The zero-order valence-corrected chi connectivity index (χ0v) is 30.9. The first-order chi connectivity index (χ1) is 27.7. The molecule has 0 spiro atoms. The predicted molar refractivity (Wildman–Crippen MR) is 233 cm³/mol. The van der Waals surface area contributed by atoms with Crippen LogP contribution in [0, 0.1) is 0 Å². The highest BCUT2D eigenvalue weighted by molar-refractivity contribution is 7.26. The molecule has 5 heteroatoms. The second-order valence-electron chi connectivity index (χ2n) is 13.9. The molecule has 3 aromatic heterocycles. The highest BCUT2D eigenvalue weighted by atomic mass is 32.1. The fourth-order valence-electron chi connectivity index (χ4n) is 7.88. The van der Waals surface area contributed by atoms with Crippen molar-refractivity contribution in [3.63, 3.8) is 0 Å². The first-order valence-corrected chi connectivity index (χ1v) is 19.5. The van der Waals surface area contributed by atoms with Crippen molar-refractivity contribution in [2.45, 2.75) is 0 Å². The Kier molecular flexibility index (Phi) is 7.64. The number of rotatable bonds is 6. The molecule has 0 amide bonds. The molecule has 0 bridgehead atoms. The summed E-state index contributed by atoms with van der Waals surface area (Å²) in [6, 6.07) is 65.6. The maximum atomic E-state index is 6.59. The van der Waals surface area contributed by atoms with Gasteiger partial charge in [-0.05, 0) is 52.1 Å². The van der Waals surface area contributed by atoms with Crippen molar-refractivity contribution >= 4 is 53.4 Å². The molecule has 0 aliphatic heterocycles. The van der Waals surface area contributed by atoms with Gasteiger partial charge in [0.25, 0.3) is 0 Å².